The average molecular weight is 254 g/mol. The van der Waals surface area contributed by atoms with E-state index >= 15 is 0 Å². The number of aryl methyl sites for hydroxylation is 1. The van der Waals surface area contributed by atoms with Crippen molar-refractivity contribution >= 4 is 10.8 Å². The van der Waals surface area contributed by atoms with Gasteiger partial charge in [-0.25, -0.2) is 0 Å². The zero-order valence-electron chi connectivity index (χ0n) is 11.8. The van der Waals surface area contributed by atoms with Crippen molar-refractivity contribution < 1.29 is 5.11 Å². The summed E-state index contributed by atoms with van der Waals surface area (Å²) >= 11 is 0. The normalized spacial score (nSPS) is 19.7. The topological polar surface area (TPSA) is 20.2 Å². The lowest BCUT2D eigenvalue weighted by molar-refractivity contribution is 0.0415. The van der Waals surface area contributed by atoms with Crippen molar-refractivity contribution in [2.24, 2.45) is 5.41 Å². The van der Waals surface area contributed by atoms with Crippen LogP contribution in [0.4, 0.5) is 0 Å². The molecule has 1 aliphatic carbocycles. The van der Waals surface area contributed by atoms with Crippen molar-refractivity contribution in [1.29, 1.82) is 0 Å². The molecule has 0 aliphatic heterocycles. The summed E-state index contributed by atoms with van der Waals surface area (Å²) < 4.78 is 0. The predicted molar refractivity (Wildman–Crippen MR) is 80.2 cm³/mol. The Morgan fingerprint density at radius 2 is 1.74 bits per heavy atom. The van der Waals surface area contributed by atoms with Crippen molar-refractivity contribution in [3.8, 4) is 0 Å². The second-order valence-electron chi connectivity index (χ2n) is 6.28. The van der Waals surface area contributed by atoms with Gasteiger partial charge in [-0.2, -0.15) is 0 Å². The summed E-state index contributed by atoms with van der Waals surface area (Å²) in [6, 6.07) is 12.7. The first kappa shape index (κ1) is 12.7. The highest BCUT2D eigenvalue weighted by Crippen LogP contribution is 2.49. The molecule has 1 aliphatic rings. The standard InChI is InChI=1S/C18H22O/c1-13-9-10-14-7-3-4-8-15(14)16(13)17(19)18(2)11-5-6-12-18/h3-4,7-10,17,19H,5-6,11-12H2,1-2H3. The van der Waals surface area contributed by atoms with Crippen LogP contribution in [0.3, 0.4) is 0 Å². The summed E-state index contributed by atoms with van der Waals surface area (Å²) in [5.74, 6) is 0. The molecular formula is C18H22O. The van der Waals surface area contributed by atoms with Gasteiger partial charge in [0, 0.05) is 0 Å². The van der Waals surface area contributed by atoms with Crippen molar-refractivity contribution in [3.63, 3.8) is 0 Å². The van der Waals surface area contributed by atoms with Crippen LogP contribution in [0.5, 0.6) is 0 Å². The van der Waals surface area contributed by atoms with Crippen LogP contribution in [-0.4, -0.2) is 5.11 Å². The lowest BCUT2D eigenvalue weighted by atomic mass is 9.77. The Kier molecular flexibility index (Phi) is 3.10. The lowest BCUT2D eigenvalue weighted by Crippen LogP contribution is -2.23. The highest BCUT2D eigenvalue weighted by Gasteiger charge is 2.37. The molecule has 19 heavy (non-hydrogen) atoms. The van der Waals surface area contributed by atoms with Crippen molar-refractivity contribution in [3.05, 3.63) is 47.5 Å². The molecule has 1 nitrogen and oxygen atoms in total. The minimum Gasteiger partial charge on any atom is -0.388 e. The number of fused-ring (bicyclic) bond motifs is 1. The van der Waals surface area contributed by atoms with E-state index in [1.54, 1.807) is 0 Å². The van der Waals surface area contributed by atoms with Gasteiger partial charge in [-0.1, -0.05) is 56.2 Å². The van der Waals surface area contributed by atoms with Crippen LogP contribution in [0.25, 0.3) is 10.8 Å². The molecule has 1 heteroatoms. The highest BCUT2D eigenvalue weighted by molar-refractivity contribution is 5.87. The number of aliphatic hydroxyl groups is 1. The smallest absolute Gasteiger partial charge is 0.0852 e. The van der Waals surface area contributed by atoms with Crippen LogP contribution in [0, 0.1) is 12.3 Å². The van der Waals surface area contributed by atoms with Gasteiger partial charge in [0.2, 0.25) is 0 Å². The number of rotatable bonds is 2. The lowest BCUT2D eigenvalue weighted by Gasteiger charge is -2.32. The van der Waals surface area contributed by atoms with Gasteiger partial charge < -0.3 is 5.11 Å². The number of benzene rings is 2. The fourth-order valence-electron chi connectivity index (χ4n) is 3.57. The summed E-state index contributed by atoms with van der Waals surface area (Å²) in [5, 5.41) is 13.4. The van der Waals surface area contributed by atoms with E-state index < -0.39 is 0 Å². The van der Waals surface area contributed by atoms with E-state index in [0.29, 0.717) is 0 Å². The van der Waals surface area contributed by atoms with E-state index in [1.165, 1.54) is 29.2 Å². The molecule has 100 valence electrons. The minimum absolute atomic E-state index is 0.0505. The first-order valence-corrected chi connectivity index (χ1v) is 7.28. The molecule has 3 rings (SSSR count). The van der Waals surface area contributed by atoms with Crippen LogP contribution in [0.2, 0.25) is 0 Å². The van der Waals surface area contributed by atoms with Gasteiger partial charge in [0.05, 0.1) is 6.10 Å². The van der Waals surface area contributed by atoms with Crippen LogP contribution >= 0.6 is 0 Å². The highest BCUT2D eigenvalue weighted by atomic mass is 16.3. The molecule has 0 aromatic heterocycles. The number of hydrogen-bond acceptors (Lipinski definition) is 1. The molecule has 0 spiro atoms. The van der Waals surface area contributed by atoms with Gasteiger partial charge in [0.15, 0.2) is 0 Å². The summed E-state index contributed by atoms with van der Waals surface area (Å²) in [7, 11) is 0. The van der Waals surface area contributed by atoms with Gasteiger partial charge >= 0.3 is 0 Å². The third-order valence-electron chi connectivity index (χ3n) is 4.87. The van der Waals surface area contributed by atoms with Crippen LogP contribution in [-0.2, 0) is 0 Å². The van der Waals surface area contributed by atoms with Crippen molar-refractivity contribution in [2.45, 2.75) is 45.6 Å². The van der Waals surface area contributed by atoms with E-state index in [2.05, 4.69) is 50.2 Å². The Hall–Kier alpha value is -1.34. The molecule has 2 aromatic carbocycles. The van der Waals surface area contributed by atoms with E-state index in [4.69, 9.17) is 0 Å². The van der Waals surface area contributed by atoms with Gasteiger partial charge in [0.25, 0.3) is 0 Å². The van der Waals surface area contributed by atoms with Gasteiger partial charge in [-0.15, -0.1) is 0 Å². The molecule has 2 aromatic rings. The maximum atomic E-state index is 11.0. The zero-order chi connectivity index (χ0) is 13.5. The molecule has 1 atom stereocenters. The SMILES string of the molecule is Cc1ccc2ccccc2c1C(O)C1(C)CCCC1. The second-order valence-corrected chi connectivity index (χ2v) is 6.28. The minimum atomic E-state index is -0.346. The first-order chi connectivity index (χ1) is 9.12. The third-order valence-corrected chi connectivity index (χ3v) is 4.87. The fourth-order valence-corrected chi connectivity index (χ4v) is 3.57. The summed E-state index contributed by atoms with van der Waals surface area (Å²) in [4.78, 5) is 0. The summed E-state index contributed by atoms with van der Waals surface area (Å²) in [5.41, 5.74) is 2.40. The van der Waals surface area contributed by atoms with Gasteiger partial charge in [-0.3, -0.25) is 0 Å². The van der Waals surface area contributed by atoms with Gasteiger partial charge in [0.1, 0.15) is 0 Å². The molecule has 0 amide bonds. The molecule has 0 heterocycles. The monoisotopic (exact) mass is 254 g/mol. The van der Waals surface area contributed by atoms with E-state index in [0.717, 1.165) is 18.4 Å². The molecule has 0 radical (unpaired) electrons. The molecule has 1 fully saturated rings. The molecule has 1 N–H and O–H groups in total. The molecule has 1 saturated carbocycles. The maximum absolute atomic E-state index is 11.0. The molecular weight excluding hydrogens is 232 g/mol. The molecule has 1 unspecified atom stereocenters. The molecule has 0 saturated heterocycles. The largest absolute Gasteiger partial charge is 0.388 e. The summed E-state index contributed by atoms with van der Waals surface area (Å²) in [6.45, 7) is 4.36. The maximum Gasteiger partial charge on any atom is 0.0852 e. The fraction of sp³-hybridized carbons (Fsp3) is 0.444. The Morgan fingerprint density at radius 3 is 2.47 bits per heavy atom. The number of aliphatic hydroxyl groups excluding tert-OH is 1. The van der Waals surface area contributed by atoms with E-state index in [1.807, 2.05) is 0 Å². The Labute approximate surface area is 115 Å². The second kappa shape index (κ2) is 4.64. The van der Waals surface area contributed by atoms with Crippen molar-refractivity contribution in [1.82, 2.24) is 0 Å². The van der Waals surface area contributed by atoms with Crippen LogP contribution in [0.15, 0.2) is 36.4 Å². The summed E-state index contributed by atoms with van der Waals surface area (Å²) in [6.07, 6.45) is 4.42. The van der Waals surface area contributed by atoms with Gasteiger partial charge in [-0.05, 0) is 47.1 Å². The third kappa shape index (κ3) is 2.06. The van der Waals surface area contributed by atoms with E-state index in [9.17, 15) is 5.11 Å². The predicted octanol–water partition coefficient (Wildman–Crippen LogP) is 4.76. The quantitative estimate of drug-likeness (QED) is 0.819. The van der Waals surface area contributed by atoms with E-state index in [-0.39, 0.29) is 11.5 Å². The Morgan fingerprint density at radius 1 is 1.05 bits per heavy atom. The van der Waals surface area contributed by atoms with Crippen molar-refractivity contribution in [2.75, 3.05) is 0 Å². The number of hydrogen-bond donors (Lipinski definition) is 1. The first-order valence-electron chi connectivity index (χ1n) is 7.28. The Bertz CT molecular complexity index is 594. The average Bonchev–Trinajstić information content (AvgIpc) is 2.86. The molecule has 0 bridgehead atoms. The van der Waals surface area contributed by atoms with Crippen LogP contribution in [0.1, 0.15) is 49.8 Å². The van der Waals surface area contributed by atoms with Crippen LogP contribution < -0.4 is 0 Å². The Balaban J connectivity index is 2.16. The zero-order valence-corrected chi connectivity index (χ0v) is 11.8.